The van der Waals surface area contributed by atoms with Gasteiger partial charge in [0.25, 0.3) is 0 Å². The van der Waals surface area contributed by atoms with Gasteiger partial charge in [-0.3, -0.25) is 4.79 Å². The van der Waals surface area contributed by atoms with Crippen LogP contribution >= 0.6 is 15.9 Å². The highest BCUT2D eigenvalue weighted by Crippen LogP contribution is 2.44. The van der Waals surface area contributed by atoms with E-state index in [0.717, 1.165) is 19.3 Å². The number of halogens is 1. The molecule has 1 aliphatic carbocycles. The maximum Gasteiger partial charge on any atom is 0.322 e. The molecule has 1 N–H and O–H groups in total. The van der Waals surface area contributed by atoms with Crippen molar-refractivity contribution in [1.82, 2.24) is 4.31 Å². The van der Waals surface area contributed by atoms with Gasteiger partial charge in [-0.25, -0.2) is 8.42 Å². The number of sulfonamides is 1. The minimum Gasteiger partial charge on any atom is -0.480 e. The molecule has 0 bridgehead atoms. The van der Waals surface area contributed by atoms with E-state index in [1.54, 1.807) is 18.2 Å². The van der Waals surface area contributed by atoms with Gasteiger partial charge in [-0.2, -0.15) is 4.31 Å². The average molecular weight is 374 g/mol. The summed E-state index contributed by atoms with van der Waals surface area (Å²) in [4.78, 5) is 11.7. The quantitative estimate of drug-likeness (QED) is 0.881. The van der Waals surface area contributed by atoms with Crippen LogP contribution in [0.4, 0.5) is 0 Å². The molecule has 1 saturated carbocycles. The van der Waals surface area contributed by atoms with Crippen LogP contribution in [0.3, 0.4) is 0 Å². The summed E-state index contributed by atoms with van der Waals surface area (Å²) in [6, 6.07) is 5.60. The summed E-state index contributed by atoms with van der Waals surface area (Å²) in [6.45, 7) is 0.311. The first-order valence-corrected chi connectivity index (χ1v) is 9.15. The van der Waals surface area contributed by atoms with Crippen LogP contribution < -0.4 is 0 Å². The van der Waals surface area contributed by atoms with Crippen LogP contribution in [0.25, 0.3) is 0 Å². The fraction of sp³-hybridized carbons (Fsp3) is 0.500. The lowest BCUT2D eigenvalue weighted by Gasteiger charge is -2.24. The third kappa shape index (κ3) is 2.41. The Balaban J connectivity index is 2.03. The fourth-order valence-corrected chi connectivity index (χ4v) is 6.25. The molecule has 2 fully saturated rings. The highest BCUT2D eigenvalue weighted by molar-refractivity contribution is 9.10. The van der Waals surface area contributed by atoms with E-state index in [0.29, 0.717) is 11.0 Å². The first kappa shape index (κ1) is 15.0. The second-order valence-corrected chi connectivity index (χ2v) is 8.36. The summed E-state index contributed by atoms with van der Waals surface area (Å²) in [7, 11) is -3.80. The lowest BCUT2D eigenvalue weighted by atomic mass is 9.94. The van der Waals surface area contributed by atoms with Gasteiger partial charge in [-0.15, -0.1) is 0 Å². The van der Waals surface area contributed by atoms with Gasteiger partial charge >= 0.3 is 5.97 Å². The molecule has 1 saturated heterocycles. The molecule has 0 spiro atoms. The van der Waals surface area contributed by atoms with Gasteiger partial charge in [0.15, 0.2) is 0 Å². The molecule has 1 aromatic rings. The van der Waals surface area contributed by atoms with Gasteiger partial charge < -0.3 is 5.11 Å². The molecule has 3 atom stereocenters. The third-order valence-electron chi connectivity index (χ3n) is 4.52. The maximum atomic E-state index is 12.8. The van der Waals surface area contributed by atoms with E-state index in [1.807, 2.05) is 0 Å². The number of rotatable bonds is 3. The van der Waals surface area contributed by atoms with Gasteiger partial charge in [0.05, 0.1) is 4.90 Å². The van der Waals surface area contributed by atoms with E-state index >= 15 is 0 Å². The van der Waals surface area contributed by atoms with E-state index in [2.05, 4.69) is 15.9 Å². The summed E-state index contributed by atoms with van der Waals surface area (Å²) >= 11 is 3.24. The van der Waals surface area contributed by atoms with E-state index in [9.17, 15) is 18.3 Å². The molecule has 3 unspecified atom stereocenters. The molecule has 3 rings (SSSR count). The van der Waals surface area contributed by atoms with Crippen molar-refractivity contribution in [2.24, 2.45) is 11.8 Å². The predicted octanol–water partition coefficient (Wildman–Crippen LogP) is 2.32. The molecular weight excluding hydrogens is 358 g/mol. The second kappa shape index (κ2) is 5.37. The second-order valence-electron chi connectivity index (χ2n) is 5.64. The largest absolute Gasteiger partial charge is 0.480 e. The molecule has 1 aromatic carbocycles. The lowest BCUT2D eigenvalue weighted by molar-refractivity contribution is -0.142. The molecule has 114 valence electrons. The number of nitrogens with zero attached hydrogens (tertiary/aromatic N) is 1. The Morgan fingerprint density at radius 3 is 2.67 bits per heavy atom. The van der Waals surface area contributed by atoms with Crippen LogP contribution in [-0.4, -0.2) is 36.4 Å². The minimum absolute atomic E-state index is 0.0558. The Labute approximate surface area is 132 Å². The molecule has 1 heterocycles. The number of hydrogen-bond donors (Lipinski definition) is 1. The van der Waals surface area contributed by atoms with Crippen molar-refractivity contribution in [3.8, 4) is 0 Å². The van der Waals surface area contributed by atoms with E-state index in [1.165, 1.54) is 10.4 Å². The van der Waals surface area contributed by atoms with E-state index in [4.69, 9.17) is 0 Å². The minimum atomic E-state index is -3.80. The zero-order valence-electron chi connectivity index (χ0n) is 11.3. The van der Waals surface area contributed by atoms with Crippen LogP contribution in [0.15, 0.2) is 33.6 Å². The topological polar surface area (TPSA) is 74.7 Å². The lowest BCUT2D eigenvalue weighted by Crippen LogP contribution is -2.43. The first-order chi connectivity index (χ1) is 9.93. The molecule has 0 aromatic heterocycles. The Morgan fingerprint density at radius 1 is 1.29 bits per heavy atom. The van der Waals surface area contributed by atoms with Gasteiger partial charge in [-0.1, -0.05) is 18.6 Å². The van der Waals surface area contributed by atoms with Crippen LogP contribution in [-0.2, 0) is 14.8 Å². The number of benzene rings is 1. The molecule has 2 aliphatic rings. The van der Waals surface area contributed by atoms with Gasteiger partial charge in [0.1, 0.15) is 6.04 Å². The summed E-state index contributed by atoms with van der Waals surface area (Å²) in [5.41, 5.74) is 0. The Hall–Kier alpha value is -0.920. The third-order valence-corrected chi connectivity index (χ3v) is 7.38. The average Bonchev–Trinajstić information content (AvgIpc) is 2.98. The Kier molecular flexibility index (Phi) is 3.83. The van der Waals surface area contributed by atoms with Crippen molar-refractivity contribution in [2.45, 2.75) is 30.2 Å². The molecule has 7 heteroatoms. The van der Waals surface area contributed by atoms with Crippen LogP contribution in [0, 0.1) is 11.8 Å². The number of carbonyl (C=O) groups is 1. The Morgan fingerprint density at radius 2 is 2.00 bits per heavy atom. The van der Waals surface area contributed by atoms with Crippen molar-refractivity contribution in [2.75, 3.05) is 6.54 Å². The monoisotopic (exact) mass is 373 g/mol. The molecule has 1 aliphatic heterocycles. The molecule has 21 heavy (non-hydrogen) atoms. The molecule has 5 nitrogen and oxygen atoms in total. The van der Waals surface area contributed by atoms with Gasteiger partial charge in [0.2, 0.25) is 10.0 Å². The van der Waals surface area contributed by atoms with Crippen LogP contribution in [0.5, 0.6) is 0 Å². The summed E-state index contributed by atoms with van der Waals surface area (Å²) in [5.74, 6) is -0.928. The highest BCUT2D eigenvalue weighted by atomic mass is 79.9. The maximum absolute atomic E-state index is 12.8. The van der Waals surface area contributed by atoms with Crippen molar-refractivity contribution in [3.05, 3.63) is 28.7 Å². The number of carboxylic acids is 1. The number of fused-ring (bicyclic) bond motifs is 1. The van der Waals surface area contributed by atoms with E-state index in [-0.39, 0.29) is 16.7 Å². The normalized spacial score (nSPS) is 29.5. The van der Waals surface area contributed by atoms with Crippen molar-refractivity contribution in [3.63, 3.8) is 0 Å². The summed E-state index contributed by atoms with van der Waals surface area (Å²) in [5, 5.41) is 9.49. The number of hydrogen-bond acceptors (Lipinski definition) is 3. The zero-order chi connectivity index (χ0) is 15.2. The van der Waals surface area contributed by atoms with Gasteiger partial charge in [-0.05, 0) is 52.7 Å². The number of aliphatic carboxylic acids is 1. The van der Waals surface area contributed by atoms with Crippen LogP contribution in [0.2, 0.25) is 0 Å². The SMILES string of the molecule is O=C(O)C1C2CCCC2CN1S(=O)(=O)c1ccccc1Br. The Bertz CT molecular complexity index is 675. The zero-order valence-corrected chi connectivity index (χ0v) is 13.7. The summed E-state index contributed by atoms with van der Waals surface area (Å²) in [6.07, 6.45) is 2.70. The van der Waals surface area contributed by atoms with Crippen LogP contribution in [0.1, 0.15) is 19.3 Å². The molecule has 0 amide bonds. The van der Waals surface area contributed by atoms with Crippen molar-refractivity contribution >= 4 is 31.9 Å². The van der Waals surface area contributed by atoms with Crippen molar-refractivity contribution in [1.29, 1.82) is 0 Å². The predicted molar refractivity (Wildman–Crippen MR) is 80.3 cm³/mol. The standard InChI is InChI=1S/C14H16BrNO4S/c15-11-6-1-2-7-12(11)21(19,20)16-8-9-4-3-5-10(9)13(16)14(17)18/h1-2,6-7,9-10,13H,3-5,8H2,(H,17,18). The molecular formula is C14H16BrNO4S. The smallest absolute Gasteiger partial charge is 0.322 e. The van der Waals surface area contributed by atoms with E-state index < -0.39 is 22.0 Å². The first-order valence-electron chi connectivity index (χ1n) is 6.92. The molecule has 0 radical (unpaired) electrons. The number of carboxylic acid groups (broad SMARTS) is 1. The summed E-state index contributed by atoms with van der Waals surface area (Å²) < 4.78 is 27.3. The highest BCUT2D eigenvalue weighted by Gasteiger charge is 2.52. The van der Waals surface area contributed by atoms with Crippen molar-refractivity contribution < 1.29 is 18.3 Å². The fourth-order valence-electron chi connectivity index (χ4n) is 3.60. The van der Waals surface area contributed by atoms with Gasteiger partial charge in [0, 0.05) is 11.0 Å².